The van der Waals surface area contributed by atoms with Crippen LogP contribution in [0.1, 0.15) is 43.4 Å². The molecule has 122 valence electrons. The molecular weight excluding hydrogens is 310 g/mol. The fourth-order valence-electron chi connectivity index (χ4n) is 3.37. The smallest absolute Gasteiger partial charge is 0.262 e. The molecule has 3 aromatic carbocycles. The van der Waals surface area contributed by atoms with Crippen LogP contribution >= 0.6 is 0 Å². The largest absolute Gasteiger partial charge is 0.269 e. The van der Waals surface area contributed by atoms with Crippen molar-refractivity contribution in [1.82, 2.24) is 4.90 Å². The highest BCUT2D eigenvalue weighted by Gasteiger charge is 2.41. The molecule has 0 N–H and O–H groups in total. The van der Waals surface area contributed by atoms with Gasteiger partial charge in [0.15, 0.2) is 0 Å². The zero-order valence-corrected chi connectivity index (χ0v) is 13.8. The van der Waals surface area contributed by atoms with Gasteiger partial charge in [0.05, 0.1) is 17.2 Å². The van der Waals surface area contributed by atoms with Gasteiger partial charge in [-0.1, -0.05) is 72.3 Å². The van der Waals surface area contributed by atoms with Gasteiger partial charge in [0.25, 0.3) is 11.8 Å². The molecule has 0 saturated carbocycles. The lowest BCUT2D eigenvalue weighted by Gasteiger charge is -2.27. The van der Waals surface area contributed by atoms with Crippen LogP contribution in [0.25, 0.3) is 0 Å². The number of hydrogen-bond acceptors (Lipinski definition) is 2. The third-order valence-electron chi connectivity index (χ3n) is 4.56. The summed E-state index contributed by atoms with van der Waals surface area (Å²) >= 11 is 0. The van der Waals surface area contributed by atoms with Gasteiger partial charge < -0.3 is 0 Å². The van der Waals surface area contributed by atoms with E-state index in [9.17, 15) is 9.59 Å². The molecule has 3 nitrogen and oxygen atoms in total. The molecule has 2 amide bonds. The molecule has 0 fully saturated rings. The molecule has 0 bridgehead atoms. The van der Waals surface area contributed by atoms with E-state index in [4.69, 9.17) is 0 Å². The van der Waals surface area contributed by atoms with E-state index in [1.807, 2.05) is 73.7 Å². The van der Waals surface area contributed by atoms with Crippen molar-refractivity contribution in [2.24, 2.45) is 0 Å². The first-order chi connectivity index (χ1) is 12.2. The van der Waals surface area contributed by atoms with Gasteiger partial charge in [-0.2, -0.15) is 0 Å². The van der Waals surface area contributed by atoms with Crippen LogP contribution in [-0.4, -0.2) is 16.7 Å². The number of carbonyl (C=O) groups excluding carboxylic acids is 2. The Labute approximate surface area is 146 Å². The van der Waals surface area contributed by atoms with Gasteiger partial charge in [-0.05, 0) is 30.2 Å². The molecule has 1 aliphatic rings. The van der Waals surface area contributed by atoms with Crippen molar-refractivity contribution in [3.63, 3.8) is 0 Å². The highest BCUT2D eigenvalue weighted by Crippen LogP contribution is 2.35. The average molecular weight is 327 g/mol. The summed E-state index contributed by atoms with van der Waals surface area (Å²) in [5.41, 5.74) is 3.77. The summed E-state index contributed by atoms with van der Waals surface area (Å²) in [7, 11) is 0. The number of nitrogens with zero attached hydrogens (tertiary/aromatic N) is 1. The molecule has 0 radical (unpaired) electrons. The van der Waals surface area contributed by atoms with Crippen molar-refractivity contribution in [1.29, 1.82) is 0 Å². The van der Waals surface area contributed by atoms with Crippen LogP contribution in [-0.2, 0) is 0 Å². The zero-order valence-electron chi connectivity index (χ0n) is 13.8. The van der Waals surface area contributed by atoms with Crippen LogP contribution in [0.15, 0.2) is 78.9 Å². The first-order valence-corrected chi connectivity index (χ1v) is 8.25. The molecule has 0 spiro atoms. The highest BCUT2D eigenvalue weighted by atomic mass is 16.2. The summed E-state index contributed by atoms with van der Waals surface area (Å²) in [4.78, 5) is 27.4. The van der Waals surface area contributed by atoms with Crippen LogP contribution in [0, 0.1) is 6.92 Å². The quantitative estimate of drug-likeness (QED) is 0.670. The van der Waals surface area contributed by atoms with E-state index < -0.39 is 6.04 Å². The standard InChI is InChI=1S/C22H17NO2/c1-15-12-13-18-19(14-15)22(25)23(21(18)24)20(16-8-4-2-5-9-16)17-10-6-3-7-11-17/h2-14,20H,1H3. The van der Waals surface area contributed by atoms with Crippen molar-refractivity contribution < 1.29 is 9.59 Å². The molecule has 3 aromatic rings. The molecule has 1 aliphatic heterocycles. The third kappa shape index (κ3) is 2.54. The normalized spacial score (nSPS) is 13.4. The van der Waals surface area contributed by atoms with Gasteiger partial charge >= 0.3 is 0 Å². The predicted octanol–water partition coefficient (Wildman–Crippen LogP) is 4.38. The summed E-state index contributed by atoms with van der Waals surface area (Å²) in [6, 6.07) is 24.3. The van der Waals surface area contributed by atoms with Crippen molar-refractivity contribution in [2.75, 3.05) is 0 Å². The molecule has 0 aromatic heterocycles. The molecule has 25 heavy (non-hydrogen) atoms. The molecular formula is C22H17NO2. The second-order valence-electron chi connectivity index (χ2n) is 6.25. The summed E-state index contributed by atoms with van der Waals surface area (Å²) in [6.45, 7) is 1.92. The monoisotopic (exact) mass is 327 g/mol. The minimum Gasteiger partial charge on any atom is -0.269 e. The van der Waals surface area contributed by atoms with Gasteiger partial charge in [-0.25, -0.2) is 0 Å². The van der Waals surface area contributed by atoms with Gasteiger partial charge in [-0.15, -0.1) is 0 Å². The highest BCUT2D eigenvalue weighted by molar-refractivity contribution is 6.21. The SMILES string of the molecule is Cc1ccc2c(c1)C(=O)N(C(c1ccccc1)c1ccccc1)C2=O. The second kappa shape index (κ2) is 6.02. The summed E-state index contributed by atoms with van der Waals surface area (Å²) in [5, 5.41) is 0. The Kier molecular flexibility index (Phi) is 3.69. The number of carbonyl (C=O) groups is 2. The van der Waals surface area contributed by atoms with Gasteiger partial charge in [0, 0.05) is 0 Å². The number of benzene rings is 3. The third-order valence-corrected chi connectivity index (χ3v) is 4.56. The molecule has 0 aliphatic carbocycles. The molecule has 0 saturated heterocycles. The zero-order chi connectivity index (χ0) is 17.4. The second-order valence-corrected chi connectivity index (χ2v) is 6.25. The maximum absolute atomic E-state index is 13.1. The molecule has 1 heterocycles. The molecule has 0 unspecified atom stereocenters. The van der Waals surface area contributed by atoms with E-state index in [1.165, 1.54) is 4.90 Å². The van der Waals surface area contributed by atoms with E-state index in [-0.39, 0.29) is 11.8 Å². The van der Waals surface area contributed by atoms with Crippen molar-refractivity contribution in [2.45, 2.75) is 13.0 Å². The van der Waals surface area contributed by atoms with E-state index in [1.54, 1.807) is 12.1 Å². The van der Waals surface area contributed by atoms with Crippen molar-refractivity contribution in [3.8, 4) is 0 Å². The Morgan fingerprint density at radius 2 is 1.20 bits per heavy atom. The van der Waals surface area contributed by atoms with E-state index >= 15 is 0 Å². The van der Waals surface area contributed by atoms with Crippen LogP contribution in [0.2, 0.25) is 0 Å². The minimum atomic E-state index is -0.435. The maximum atomic E-state index is 13.1. The lowest BCUT2D eigenvalue weighted by atomic mass is 9.97. The van der Waals surface area contributed by atoms with Crippen molar-refractivity contribution >= 4 is 11.8 Å². The number of aryl methyl sites for hydroxylation is 1. The first-order valence-electron chi connectivity index (χ1n) is 8.25. The first kappa shape index (κ1) is 15.3. The Balaban J connectivity index is 1.87. The Bertz CT molecular complexity index is 909. The fraction of sp³-hybridized carbons (Fsp3) is 0.0909. The molecule has 3 heteroatoms. The lowest BCUT2D eigenvalue weighted by Crippen LogP contribution is -2.34. The molecule has 4 rings (SSSR count). The Hall–Kier alpha value is -3.20. The van der Waals surface area contributed by atoms with Crippen LogP contribution in [0.4, 0.5) is 0 Å². The number of imide groups is 1. The number of fused-ring (bicyclic) bond motifs is 1. The summed E-state index contributed by atoms with van der Waals surface area (Å²) in [6.07, 6.45) is 0. The average Bonchev–Trinajstić information content (AvgIpc) is 2.88. The Morgan fingerprint density at radius 1 is 0.680 bits per heavy atom. The molecule has 0 atom stereocenters. The van der Waals surface area contributed by atoms with Crippen molar-refractivity contribution in [3.05, 3.63) is 107 Å². The number of amides is 2. The van der Waals surface area contributed by atoms with Gasteiger partial charge in [0.2, 0.25) is 0 Å². The Morgan fingerprint density at radius 3 is 1.76 bits per heavy atom. The number of rotatable bonds is 3. The topological polar surface area (TPSA) is 37.4 Å². The predicted molar refractivity (Wildman–Crippen MR) is 96.4 cm³/mol. The maximum Gasteiger partial charge on any atom is 0.262 e. The van der Waals surface area contributed by atoms with E-state index in [2.05, 4.69) is 0 Å². The van der Waals surface area contributed by atoms with Gasteiger partial charge in [-0.3, -0.25) is 14.5 Å². The van der Waals surface area contributed by atoms with Crippen LogP contribution in [0.3, 0.4) is 0 Å². The van der Waals surface area contributed by atoms with Gasteiger partial charge in [0.1, 0.15) is 0 Å². The summed E-state index contributed by atoms with van der Waals surface area (Å²) < 4.78 is 0. The van der Waals surface area contributed by atoms with E-state index in [0.29, 0.717) is 11.1 Å². The summed E-state index contributed by atoms with van der Waals surface area (Å²) in [5.74, 6) is -0.473. The fourth-order valence-corrected chi connectivity index (χ4v) is 3.37. The van der Waals surface area contributed by atoms with E-state index in [0.717, 1.165) is 16.7 Å². The van der Waals surface area contributed by atoms with Crippen LogP contribution in [0.5, 0.6) is 0 Å². The number of hydrogen-bond donors (Lipinski definition) is 0. The van der Waals surface area contributed by atoms with Crippen LogP contribution < -0.4 is 0 Å². The minimum absolute atomic E-state index is 0.235. The lowest BCUT2D eigenvalue weighted by molar-refractivity contribution is 0.0608.